The summed E-state index contributed by atoms with van der Waals surface area (Å²) in [4.78, 5) is 0. The van der Waals surface area contributed by atoms with Gasteiger partial charge in [0.25, 0.3) is 0 Å². The molecule has 102 valence electrons. The lowest BCUT2D eigenvalue weighted by Gasteiger charge is -2.38. The Kier molecular flexibility index (Phi) is 3.86. The number of nitrogens with zero attached hydrogens (tertiary/aromatic N) is 1. The Morgan fingerprint density at radius 1 is 1.42 bits per heavy atom. The molecule has 0 heterocycles. The molecule has 1 fully saturated rings. The molecule has 1 aliphatic carbocycles. The van der Waals surface area contributed by atoms with Crippen molar-refractivity contribution in [3.05, 3.63) is 35.4 Å². The van der Waals surface area contributed by atoms with Crippen molar-refractivity contribution in [2.75, 3.05) is 0 Å². The second-order valence-corrected chi connectivity index (χ2v) is 5.55. The van der Waals surface area contributed by atoms with Crippen molar-refractivity contribution < 1.29 is 13.9 Å². The summed E-state index contributed by atoms with van der Waals surface area (Å²) < 4.78 is 26.2. The van der Waals surface area contributed by atoms with E-state index in [0.717, 1.165) is 25.0 Å². The zero-order valence-electron chi connectivity index (χ0n) is 10.9. The average Bonchev–Trinajstić information content (AvgIpc) is 2.41. The van der Waals surface area contributed by atoms with Crippen molar-refractivity contribution in [1.82, 2.24) is 0 Å². The molecule has 1 aliphatic rings. The van der Waals surface area contributed by atoms with E-state index in [1.54, 1.807) is 0 Å². The van der Waals surface area contributed by atoms with Gasteiger partial charge in [-0.05, 0) is 36.5 Å². The van der Waals surface area contributed by atoms with Crippen LogP contribution in [-0.4, -0.2) is 5.11 Å². The number of benzene rings is 1. The number of aliphatic hydroxyl groups is 1. The molecule has 1 N–H and O–H groups in total. The maximum Gasteiger partial charge on any atom is 0.159 e. The number of halogens is 2. The predicted octanol–water partition coefficient (Wildman–Crippen LogP) is 3.72. The molecule has 3 atom stereocenters. The average molecular weight is 265 g/mol. The van der Waals surface area contributed by atoms with Gasteiger partial charge >= 0.3 is 0 Å². The fourth-order valence-corrected chi connectivity index (χ4v) is 3.00. The monoisotopic (exact) mass is 265 g/mol. The summed E-state index contributed by atoms with van der Waals surface area (Å²) in [6.45, 7) is 2.04. The van der Waals surface area contributed by atoms with Crippen LogP contribution in [-0.2, 0) is 0 Å². The smallest absolute Gasteiger partial charge is 0.159 e. The Hall–Kier alpha value is -1.47. The molecular formula is C15H17F2NO. The highest BCUT2D eigenvalue weighted by molar-refractivity contribution is 5.25. The summed E-state index contributed by atoms with van der Waals surface area (Å²) in [7, 11) is 0. The fraction of sp³-hybridized carbons (Fsp3) is 0.533. The molecule has 0 radical (unpaired) electrons. The van der Waals surface area contributed by atoms with Crippen LogP contribution in [0.15, 0.2) is 18.2 Å². The van der Waals surface area contributed by atoms with E-state index >= 15 is 0 Å². The first-order chi connectivity index (χ1) is 8.98. The van der Waals surface area contributed by atoms with E-state index in [9.17, 15) is 19.1 Å². The highest BCUT2D eigenvalue weighted by Crippen LogP contribution is 2.47. The predicted molar refractivity (Wildman–Crippen MR) is 67.0 cm³/mol. The Bertz CT molecular complexity index is 511. The van der Waals surface area contributed by atoms with E-state index in [0.29, 0.717) is 18.8 Å². The van der Waals surface area contributed by atoms with E-state index in [1.165, 1.54) is 6.07 Å². The Labute approximate surface area is 111 Å². The zero-order valence-corrected chi connectivity index (χ0v) is 10.9. The second kappa shape index (κ2) is 5.26. The quantitative estimate of drug-likeness (QED) is 0.885. The van der Waals surface area contributed by atoms with E-state index in [-0.39, 0.29) is 5.56 Å². The highest BCUT2D eigenvalue weighted by Gasteiger charge is 2.42. The van der Waals surface area contributed by atoms with Gasteiger partial charge in [0.1, 0.15) is 0 Å². The van der Waals surface area contributed by atoms with Crippen LogP contribution in [0.25, 0.3) is 0 Å². The lowest BCUT2D eigenvalue weighted by molar-refractivity contribution is 0.0217. The van der Waals surface area contributed by atoms with E-state index in [4.69, 9.17) is 0 Å². The minimum absolute atomic E-state index is 0.273. The summed E-state index contributed by atoms with van der Waals surface area (Å²) in [5.74, 6) is -1.58. The first kappa shape index (κ1) is 14.0. The van der Waals surface area contributed by atoms with Gasteiger partial charge in [-0.3, -0.25) is 0 Å². The van der Waals surface area contributed by atoms with Crippen LogP contribution >= 0.6 is 0 Å². The zero-order chi connectivity index (χ0) is 14.0. The SMILES string of the molecule is CC1CCCC(C#N)(C(O)c2ccc(F)c(F)c2)C1. The molecule has 0 bridgehead atoms. The van der Waals surface area contributed by atoms with Gasteiger partial charge < -0.3 is 5.11 Å². The summed E-state index contributed by atoms with van der Waals surface area (Å²) in [6, 6.07) is 5.54. The lowest BCUT2D eigenvalue weighted by atomic mass is 9.66. The Balaban J connectivity index is 2.32. The molecule has 0 amide bonds. The van der Waals surface area contributed by atoms with Crippen LogP contribution in [0.1, 0.15) is 44.3 Å². The van der Waals surface area contributed by atoms with Crippen molar-refractivity contribution in [3.8, 4) is 6.07 Å². The van der Waals surface area contributed by atoms with Crippen LogP contribution < -0.4 is 0 Å². The standard InChI is InChI=1S/C15H17F2NO/c1-10-3-2-6-15(8-10,9-18)14(19)11-4-5-12(16)13(17)7-11/h4-5,7,10,14,19H,2-3,6,8H2,1H3. The van der Waals surface area contributed by atoms with E-state index < -0.39 is 23.2 Å². The van der Waals surface area contributed by atoms with Gasteiger partial charge in [-0.2, -0.15) is 5.26 Å². The van der Waals surface area contributed by atoms with Crippen molar-refractivity contribution >= 4 is 0 Å². The normalized spacial score (nSPS) is 28.7. The maximum atomic E-state index is 13.2. The van der Waals surface area contributed by atoms with Gasteiger partial charge in [0.05, 0.1) is 17.6 Å². The molecular weight excluding hydrogens is 248 g/mol. The molecule has 4 heteroatoms. The summed E-state index contributed by atoms with van der Waals surface area (Å²) in [5.41, 5.74) is -0.614. The Morgan fingerprint density at radius 3 is 2.74 bits per heavy atom. The maximum absolute atomic E-state index is 13.2. The largest absolute Gasteiger partial charge is 0.387 e. The molecule has 0 aliphatic heterocycles. The van der Waals surface area contributed by atoms with Crippen LogP contribution in [0.4, 0.5) is 8.78 Å². The molecule has 1 aromatic carbocycles. The van der Waals surface area contributed by atoms with Crippen molar-refractivity contribution in [2.45, 2.75) is 38.7 Å². The van der Waals surface area contributed by atoms with Gasteiger partial charge in [-0.25, -0.2) is 8.78 Å². The van der Waals surface area contributed by atoms with E-state index in [1.807, 2.05) is 6.92 Å². The summed E-state index contributed by atoms with van der Waals surface area (Å²) in [5, 5.41) is 19.9. The molecule has 19 heavy (non-hydrogen) atoms. The molecule has 0 saturated heterocycles. The lowest BCUT2D eigenvalue weighted by Crippen LogP contribution is -2.33. The number of rotatable bonds is 2. The molecule has 1 aromatic rings. The molecule has 3 unspecified atom stereocenters. The third-order valence-corrected chi connectivity index (χ3v) is 4.04. The number of aliphatic hydroxyl groups excluding tert-OH is 1. The van der Waals surface area contributed by atoms with E-state index in [2.05, 4.69) is 6.07 Å². The Morgan fingerprint density at radius 2 is 2.16 bits per heavy atom. The topological polar surface area (TPSA) is 44.0 Å². The van der Waals surface area contributed by atoms with Crippen LogP contribution in [0, 0.1) is 34.3 Å². The minimum atomic E-state index is -1.07. The van der Waals surface area contributed by atoms with Crippen molar-refractivity contribution in [1.29, 1.82) is 5.26 Å². The summed E-state index contributed by atoms with van der Waals surface area (Å²) >= 11 is 0. The molecule has 2 rings (SSSR count). The molecule has 0 spiro atoms. The fourth-order valence-electron chi connectivity index (χ4n) is 3.00. The molecule has 0 aromatic heterocycles. The van der Waals surface area contributed by atoms with Gasteiger partial charge in [0.2, 0.25) is 0 Å². The van der Waals surface area contributed by atoms with Gasteiger partial charge in [-0.15, -0.1) is 0 Å². The van der Waals surface area contributed by atoms with Crippen molar-refractivity contribution in [3.63, 3.8) is 0 Å². The first-order valence-corrected chi connectivity index (χ1v) is 6.53. The summed E-state index contributed by atoms with van der Waals surface area (Å²) in [6.07, 6.45) is 2.01. The highest BCUT2D eigenvalue weighted by atomic mass is 19.2. The second-order valence-electron chi connectivity index (χ2n) is 5.55. The van der Waals surface area contributed by atoms with Gasteiger partial charge in [-0.1, -0.05) is 25.8 Å². The van der Waals surface area contributed by atoms with Gasteiger partial charge in [0.15, 0.2) is 11.6 Å². The third-order valence-electron chi connectivity index (χ3n) is 4.04. The van der Waals surface area contributed by atoms with Crippen LogP contribution in [0.5, 0.6) is 0 Å². The van der Waals surface area contributed by atoms with Crippen LogP contribution in [0.3, 0.4) is 0 Å². The number of hydrogen-bond donors (Lipinski definition) is 1. The van der Waals surface area contributed by atoms with Gasteiger partial charge in [0, 0.05) is 0 Å². The van der Waals surface area contributed by atoms with Crippen molar-refractivity contribution in [2.24, 2.45) is 11.3 Å². The molecule has 1 saturated carbocycles. The van der Waals surface area contributed by atoms with Crippen LogP contribution in [0.2, 0.25) is 0 Å². The number of hydrogen-bond acceptors (Lipinski definition) is 2. The number of nitriles is 1. The first-order valence-electron chi connectivity index (χ1n) is 6.53. The minimum Gasteiger partial charge on any atom is -0.387 e. The molecule has 2 nitrogen and oxygen atoms in total. The third kappa shape index (κ3) is 2.62.